The molecule has 0 saturated carbocycles. The fourth-order valence-electron chi connectivity index (χ4n) is 1.64. The van der Waals surface area contributed by atoms with Gasteiger partial charge in [0, 0.05) is 13.1 Å². The molecule has 0 aliphatic carbocycles. The summed E-state index contributed by atoms with van der Waals surface area (Å²) in [6.45, 7) is 1.97. The number of hydrogen-bond acceptors (Lipinski definition) is 5. The van der Waals surface area contributed by atoms with E-state index in [0.717, 1.165) is 5.56 Å². The van der Waals surface area contributed by atoms with Crippen molar-refractivity contribution in [1.82, 2.24) is 4.72 Å². The number of nitrogens with one attached hydrogen (secondary N) is 1. The van der Waals surface area contributed by atoms with Gasteiger partial charge in [0.2, 0.25) is 15.9 Å². The number of sulfonamides is 1. The SMILES string of the molecule is Cc1cc(CN)ccc1S(=O)(=O)NCCOCC(N)=O. The molecule has 1 amide bonds. The zero-order valence-corrected chi connectivity index (χ0v) is 12.1. The summed E-state index contributed by atoms with van der Waals surface area (Å²) in [5, 5.41) is 0. The Balaban J connectivity index is 2.62. The van der Waals surface area contributed by atoms with Gasteiger partial charge in [-0.25, -0.2) is 13.1 Å². The van der Waals surface area contributed by atoms with Crippen LogP contribution in [0.4, 0.5) is 0 Å². The van der Waals surface area contributed by atoms with Gasteiger partial charge in [-0.05, 0) is 24.1 Å². The Morgan fingerprint density at radius 3 is 2.65 bits per heavy atom. The minimum Gasteiger partial charge on any atom is -0.370 e. The maximum Gasteiger partial charge on any atom is 0.243 e. The maximum atomic E-state index is 12.1. The van der Waals surface area contributed by atoms with Crippen molar-refractivity contribution in [2.45, 2.75) is 18.4 Å². The smallest absolute Gasteiger partial charge is 0.243 e. The maximum absolute atomic E-state index is 12.1. The lowest BCUT2D eigenvalue weighted by Crippen LogP contribution is -2.29. The summed E-state index contributed by atoms with van der Waals surface area (Å²) in [4.78, 5) is 10.6. The van der Waals surface area contributed by atoms with Crippen LogP contribution < -0.4 is 16.2 Å². The van der Waals surface area contributed by atoms with Gasteiger partial charge in [-0.2, -0.15) is 0 Å². The summed E-state index contributed by atoms with van der Waals surface area (Å²) in [6.07, 6.45) is 0. The van der Waals surface area contributed by atoms with Crippen LogP contribution in [0, 0.1) is 6.92 Å². The van der Waals surface area contributed by atoms with Crippen LogP contribution in [0.3, 0.4) is 0 Å². The topological polar surface area (TPSA) is 125 Å². The van der Waals surface area contributed by atoms with E-state index in [0.29, 0.717) is 12.1 Å². The second-order valence-corrected chi connectivity index (χ2v) is 5.96. The first kappa shape index (κ1) is 16.6. The number of carbonyl (C=O) groups is 1. The van der Waals surface area contributed by atoms with Gasteiger partial charge in [0.15, 0.2) is 0 Å². The minimum atomic E-state index is -3.60. The van der Waals surface area contributed by atoms with Crippen LogP contribution in [0.25, 0.3) is 0 Å². The zero-order chi connectivity index (χ0) is 15.2. The van der Waals surface area contributed by atoms with E-state index in [4.69, 9.17) is 16.2 Å². The molecule has 8 heteroatoms. The zero-order valence-electron chi connectivity index (χ0n) is 11.3. The Hall–Kier alpha value is -1.48. The van der Waals surface area contributed by atoms with Crippen molar-refractivity contribution < 1.29 is 17.9 Å². The molecule has 0 aliphatic heterocycles. The van der Waals surface area contributed by atoms with Crippen molar-refractivity contribution in [2.75, 3.05) is 19.8 Å². The van der Waals surface area contributed by atoms with E-state index in [1.165, 1.54) is 6.07 Å². The van der Waals surface area contributed by atoms with Crippen molar-refractivity contribution in [2.24, 2.45) is 11.5 Å². The van der Waals surface area contributed by atoms with E-state index >= 15 is 0 Å². The number of carbonyl (C=O) groups excluding carboxylic acids is 1. The van der Waals surface area contributed by atoms with E-state index in [9.17, 15) is 13.2 Å². The van der Waals surface area contributed by atoms with E-state index < -0.39 is 15.9 Å². The van der Waals surface area contributed by atoms with Crippen molar-refractivity contribution in [3.05, 3.63) is 29.3 Å². The highest BCUT2D eigenvalue weighted by atomic mass is 32.2. The van der Waals surface area contributed by atoms with Gasteiger partial charge in [0.1, 0.15) is 6.61 Å². The summed E-state index contributed by atoms with van der Waals surface area (Å²) in [6, 6.07) is 4.92. The predicted octanol–water partition coefficient (Wildman–Crippen LogP) is -0.766. The van der Waals surface area contributed by atoms with Crippen LogP contribution >= 0.6 is 0 Å². The lowest BCUT2D eigenvalue weighted by atomic mass is 10.1. The first-order valence-corrected chi connectivity index (χ1v) is 7.50. The molecule has 1 aromatic rings. The summed E-state index contributed by atoms with van der Waals surface area (Å²) in [5.74, 6) is -0.596. The Kier molecular flexibility index (Phi) is 6.08. The highest BCUT2D eigenvalue weighted by Crippen LogP contribution is 2.16. The normalized spacial score (nSPS) is 11.5. The highest BCUT2D eigenvalue weighted by Gasteiger charge is 2.16. The molecule has 0 spiro atoms. The standard InChI is InChI=1S/C12H19N3O4S/c1-9-6-10(7-13)2-3-11(9)20(17,18)15-4-5-19-8-12(14)16/h2-3,6,15H,4-5,7-8,13H2,1H3,(H2,14,16). The average molecular weight is 301 g/mol. The second-order valence-electron chi connectivity index (χ2n) is 4.22. The molecule has 0 fully saturated rings. The fraction of sp³-hybridized carbons (Fsp3) is 0.417. The second kappa shape index (κ2) is 7.34. The molecule has 7 nitrogen and oxygen atoms in total. The van der Waals surface area contributed by atoms with Crippen LogP contribution in [-0.2, 0) is 26.1 Å². The number of aryl methyl sites for hydroxylation is 1. The summed E-state index contributed by atoms with van der Waals surface area (Å²) in [5.41, 5.74) is 11.9. The van der Waals surface area contributed by atoms with Crippen LogP contribution in [-0.4, -0.2) is 34.1 Å². The van der Waals surface area contributed by atoms with Crippen LogP contribution in [0.2, 0.25) is 0 Å². The molecule has 0 unspecified atom stereocenters. The minimum absolute atomic E-state index is 0.0632. The number of primary amides is 1. The fourth-order valence-corrected chi connectivity index (χ4v) is 2.88. The van der Waals surface area contributed by atoms with E-state index in [1.54, 1.807) is 19.1 Å². The molecule has 0 aliphatic rings. The molecular formula is C12H19N3O4S. The highest BCUT2D eigenvalue weighted by molar-refractivity contribution is 7.89. The molecule has 20 heavy (non-hydrogen) atoms. The van der Waals surface area contributed by atoms with Crippen molar-refractivity contribution >= 4 is 15.9 Å². The Morgan fingerprint density at radius 2 is 2.10 bits per heavy atom. The van der Waals surface area contributed by atoms with Gasteiger partial charge in [-0.3, -0.25) is 4.79 Å². The molecule has 0 heterocycles. The van der Waals surface area contributed by atoms with Gasteiger partial charge >= 0.3 is 0 Å². The third kappa shape index (κ3) is 4.89. The molecule has 5 N–H and O–H groups in total. The number of benzene rings is 1. The Labute approximate surface area is 118 Å². The van der Waals surface area contributed by atoms with E-state index in [1.807, 2.05) is 0 Å². The quantitative estimate of drug-likeness (QED) is 0.544. The van der Waals surface area contributed by atoms with E-state index in [2.05, 4.69) is 4.72 Å². The number of ether oxygens (including phenoxy) is 1. The van der Waals surface area contributed by atoms with Crippen molar-refractivity contribution in [3.8, 4) is 0 Å². The molecule has 1 rings (SSSR count). The summed E-state index contributed by atoms with van der Waals surface area (Å²) >= 11 is 0. The number of amides is 1. The van der Waals surface area contributed by atoms with Gasteiger partial charge in [0.25, 0.3) is 0 Å². The van der Waals surface area contributed by atoms with Crippen molar-refractivity contribution in [1.29, 1.82) is 0 Å². The van der Waals surface area contributed by atoms with Gasteiger partial charge in [-0.15, -0.1) is 0 Å². The van der Waals surface area contributed by atoms with E-state index in [-0.39, 0.29) is 24.7 Å². The Bertz CT molecular complexity index is 572. The Morgan fingerprint density at radius 1 is 1.40 bits per heavy atom. The molecule has 0 bridgehead atoms. The molecule has 0 saturated heterocycles. The first-order chi connectivity index (χ1) is 9.36. The van der Waals surface area contributed by atoms with Crippen LogP contribution in [0.15, 0.2) is 23.1 Å². The van der Waals surface area contributed by atoms with Crippen LogP contribution in [0.1, 0.15) is 11.1 Å². The first-order valence-electron chi connectivity index (χ1n) is 6.02. The van der Waals surface area contributed by atoms with Gasteiger partial charge < -0.3 is 16.2 Å². The van der Waals surface area contributed by atoms with Crippen LogP contribution in [0.5, 0.6) is 0 Å². The average Bonchev–Trinajstić information content (AvgIpc) is 2.37. The lowest BCUT2D eigenvalue weighted by molar-refractivity contribution is -0.122. The van der Waals surface area contributed by atoms with Gasteiger partial charge in [0.05, 0.1) is 11.5 Å². The molecule has 0 radical (unpaired) electrons. The monoisotopic (exact) mass is 301 g/mol. The van der Waals surface area contributed by atoms with Gasteiger partial charge in [-0.1, -0.05) is 12.1 Å². The number of rotatable bonds is 8. The molecule has 0 aromatic heterocycles. The number of hydrogen-bond donors (Lipinski definition) is 3. The number of nitrogens with two attached hydrogens (primary N) is 2. The third-order valence-corrected chi connectivity index (χ3v) is 4.17. The third-order valence-electron chi connectivity index (χ3n) is 2.55. The molecule has 0 atom stereocenters. The lowest BCUT2D eigenvalue weighted by Gasteiger charge is -2.10. The molecular weight excluding hydrogens is 282 g/mol. The predicted molar refractivity (Wildman–Crippen MR) is 74.3 cm³/mol. The summed E-state index contributed by atoms with van der Waals surface area (Å²) in [7, 11) is -3.60. The molecule has 1 aromatic carbocycles. The molecule has 112 valence electrons. The summed E-state index contributed by atoms with van der Waals surface area (Å²) < 4.78 is 31.4. The van der Waals surface area contributed by atoms with Crippen molar-refractivity contribution in [3.63, 3.8) is 0 Å². The largest absolute Gasteiger partial charge is 0.370 e.